The van der Waals surface area contributed by atoms with E-state index in [-0.39, 0.29) is 12.8 Å². The lowest BCUT2D eigenvalue weighted by molar-refractivity contribution is -0.156. The van der Waals surface area contributed by atoms with Gasteiger partial charge in [-0.05, 0) is 12.8 Å². The molecule has 0 aliphatic heterocycles. The Balaban J connectivity index is 6.05. The van der Waals surface area contributed by atoms with Crippen LogP contribution in [0.2, 0.25) is 0 Å². The summed E-state index contributed by atoms with van der Waals surface area (Å²) in [7, 11) is -4.95. The van der Waals surface area contributed by atoms with Crippen LogP contribution in [0, 0.1) is 5.41 Å². The van der Waals surface area contributed by atoms with Crippen LogP contribution in [-0.2, 0) is 24.4 Å². The third-order valence-corrected chi connectivity index (χ3v) is 4.83. The number of esters is 1. The van der Waals surface area contributed by atoms with Crippen LogP contribution in [0.4, 0.5) is 0 Å². The Bertz CT molecular complexity index is 487. The highest BCUT2D eigenvalue weighted by Crippen LogP contribution is 2.39. The first-order valence-electron chi connectivity index (χ1n) is 7.18. The smallest absolute Gasteiger partial charge is 0.332 e. The highest BCUT2D eigenvalue weighted by molar-refractivity contribution is 7.87. The molecule has 0 bridgehead atoms. The van der Waals surface area contributed by atoms with Crippen molar-refractivity contribution in [2.75, 3.05) is 0 Å². The molecule has 0 aromatic carbocycles. The first-order chi connectivity index (χ1) is 10.2. The van der Waals surface area contributed by atoms with E-state index in [0.717, 1.165) is 0 Å². The van der Waals surface area contributed by atoms with Crippen LogP contribution in [0.3, 0.4) is 0 Å². The van der Waals surface area contributed by atoms with Gasteiger partial charge in [0, 0.05) is 0 Å². The fraction of sp³-hybridized carbons (Fsp3) is 0.714. The molecule has 7 nitrogen and oxygen atoms in total. The molecular formula is C14H24O7S. The van der Waals surface area contributed by atoms with Crippen LogP contribution in [0.1, 0.15) is 52.4 Å². The van der Waals surface area contributed by atoms with Gasteiger partial charge in [-0.2, -0.15) is 8.42 Å². The van der Waals surface area contributed by atoms with E-state index in [0.29, 0.717) is 31.9 Å². The Hall–Kier alpha value is -1.41. The molecule has 0 radical (unpaired) electrons. The van der Waals surface area contributed by atoms with E-state index in [1.54, 1.807) is 0 Å². The maximum atomic E-state index is 12.0. The van der Waals surface area contributed by atoms with Gasteiger partial charge in [-0.15, -0.1) is 0 Å². The van der Waals surface area contributed by atoms with E-state index in [4.69, 9.17) is 0 Å². The Labute approximate surface area is 131 Å². The van der Waals surface area contributed by atoms with Gasteiger partial charge in [0.2, 0.25) is 0 Å². The van der Waals surface area contributed by atoms with Crippen LogP contribution in [0.25, 0.3) is 0 Å². The number of rotatable bonds is 11. The molecule has 0 saturated carbocycles. The fourth-order valence-corrected chi connectivity index (χ4v) is 3.68. The zero-order valence-corrected chi connectivity index (χ0v) is 13.8. The molecule has 22 heavy (non-hydrogen) atoms. The van der Waals surface area contributed by atoms with Gasteiger partial charge in [-0.1, -0.05) is 46.1 Å². The van der Waals surface area contributed by atoms with Crippen LogP contribution in [0.5, 0.6) is 0 Å². The van der Waals surface area contributed by atoms with E-state index in [2.05, 4.69) is 11.3 Å². The molecule has 0 rings (SSSR count). The maximum absolute atomic E-state index is 12.0. The van der Waals surface area contributed by atoms with Gasteiger partial charge in [0.15, 0.2) is 5.25 Å². The summed E-state index contributed by atoms with van der Waals surface area (Å²) in [6.07, 6.45) is 2.68. The van der Waals surface area contributed by atoms with Gasteiger partial charge >= 0.3 is 11.9 Å². The summed E-state index contributed by atoms with van der Waals surface area (Å²) >= 11 is 0. The first kappa shape index (κ1) is 20.6. The summed E-state index contributed by atoms with van der Waals surface area (Å²) in [6, 6.07) is 0. The number of unbranched alkanes of at least 4 members (excludes halogenated alkanes) is 2. The van der Waals surface area contributed by atoms with Crippen molar-refractivity contribution >= 4 is 22.1 Å². The summed E-state index contributed by atoms with van der Waals surface area (Å²) in [5, 5.41) is 7.45. The predicted octanol–water partition coefficient (Wildman–Crippen LogP) is 2.38. The predicted molar refractivity (Wildman–Crippen MR) is 80.7 cm³/mol. The van der Waals surface area contributed by atoms with E-state index < -0.39 is 32.7 Å². The number of carbonyl (C=O) groups is 2. The Morgan fingerprint density at radius 2 is 1.68 bits per heavy atom. The molecule has 0 amide bonds. The Morgan fingerprint density at radius 1 is 1.23 bits per heavy atom. The lowest BCUT2D eigenvalue weighted by Gasteiger charge is -2.33. The molecule has 2 N–H and O–H groups in total. The monoisotopic (exact) mass is 336 g/mol. The van der Waals surface area contributed by atoms with Crippen LogP contribution in [0.15, 0.2) is 12.8 Å². The molecular weight excluding hydrogens is 312 g/mol. The molecule has 0 aromatic heterocycles. The number of carbonyl (C=O) groups excluding carboxylic acids is 1. The number of aliphatic carboxylic acids is 1. The minimum atomic E-state index is -4.95. The van der Waals surface area contributed by atoms with Gasteiger partial charge in [0.1, 0.15) is 0 Å². The van der Waals surface area contributed by atoms with Crippen molar-refractivity contribution in [2.45, 2.75) is 57.6 Å². The van der Waals surface area contributed by atoms with E-state index in [1.165, 1.54) is 0 Å². The Kier molecular flexibility index (Phi) is 8.32. The first-order valence-corrected chi connectivity index (χ1v) is 8.68. The van der Waals surface area contributed by atoms with Gasteiger partial charge in [-0.25, -0.2) is 0 Å². The third-order valence-electron chi connectivity index (χ3n) is 3.59. The second kappa shape index (κ2) is 8.89. The van der Waals surface area contributed by atoms with E-state index >= 15 is 0 Å². The van der Waals surface area contributed by atoms with Crippen molar-refractivity contribution in [3.05, 3.63) is 12.8 Å². The quantitative estimate of drug-likeness (QED) is 0.338. The average Bonchev–Trinajstić information content (AvgIpc) is 2.40. The number of hydrogen-bond acceptors (Lipinski definition) is 5. The molecule has 0 spiro atoms. The van der Waals surface area contributed by atoms with Gasteiger partial charge < -0.3 is 9.84 Å². The van der Waals surface area contributed by atoms with Gasteiger partial charge in [0.05, 0.1) is 11.7 Å². The molecule has 8 heteroatoms. The van der Waals surface area contributed by atoms with Crippen molar-refractivity contribution in [1.29, 1.82) is 0 Å². The minimum absolute atomic E-state index is 0.0461. The molecule has 128 valence electrons. The lowest BCUT2D eigenvalue weighted by Crippen LogP contribution is -2.51. The number of carboxylic acids is 1. The average molecular weight is 336 g/mol. The zero-order valence-electron chi connectivity index (χ0n) is 12.9. The Morgan fingerprint density at radius 3 is 1.95 bits per heavy atom. The summed E-state index contributed by atoms with van der Waals surface area (Å²) in [4.78, 5) is 23.8. The normalized spacial score (nSPS) is 13.4. The van der Waals surface area contributed by atoms with E-state index in [9.17, 15) is 27.7 Å². The molecule has 1 atom stereocenters. The third kappa shape index (κ3) is 5.10. The van der Waals surface area contributed by atoms with Crippen molar-refractivity contribution in [3.8, 4) is 0 Å². The SMILES string of the molecule is C=COC(=O)C(C(CCCC)(CCCC)C(=O)O)S(=O)(=O)O. The molecule has 1 unspecified atom stereocenters. The molecule has 0 fully saturated rings. The topological polar surface area (TPSA) is 118 Å². The second-order valence-electron chi connectivity index (χ2n) is 5.17. The summed E-state index contributed by atoms with van der Waals surface area (Å²) in [6.45, 7) is 6.78. The number of hydrogen-bond donors (Lipinski definition) is 2. The number of ether oxygens (including phenoxy) is 1. The summed E-state index contributed by atoms with van der Waals surface area (Å²) < 4.78 is 37.3. The molecule has 0 heterocycles. The van der Waals surface area contributed by atoms with Crippen LogP contribution in [-0.4, -0.2) is 35.3 Å². The highest BCUT2D eigenvalue weighted by atomic mass is 32.2. The van der Waals surface area contributed by atoms with Crippen molar-refractivity contribution < 1.29 is 32.4 Å². The highest BCUT2D eigenvalue weighted by Gasteiger charge is 2.55. The standard InChI is InChI=1S/C14H24O7S/c1-4-7-9-14(13(16)17,10-8-5-2)11(22(18,19)20)12(15)21-6-3/h6,11H,3-5,7-10H2,1-2H3,(H,16,17)(H,18,19,20). The largest absolute Gasteiger partial charge is 0.481 e. The van der Waals surface area contributed by atoms with E-state index in [1.807, 2.05) is 13.8 Å². The van der Waals surface area contributed by atoms with Crippen molar-refractivity contribution in [3.63, 3.8) is 0 Å². The van der Waals surface area contributed by atoms with Crippen molar-refractivity contribution in [2.24, 2.45) is 5.41 Å². The minimum Gasteiger partial charge on any atom is -0.481 e. The molecule has 0 aliphatic carbocycles. The second-order valence-corrected chi connectivity index (χ2v) is 6.67. The number of carboxylic acid groups (broad SMARTS) is 1. The van der Waals surface area contributed by atoms with Crippen LogP contribution >= 0.6 is 0 Å². The summed E-state index contributed by atoms with van der Waals surface area (Å²) in [5.41, 5.74) is -1.92. The van der Waals surface area contributed by atoms with Crippen LogP contribution < -0.4 is 0 Å². The molecule has 0 saturated heterocycles. The fourth-order valence-electron chi connectivity index (χ4n) is 2.47. The molecule has 0 aromatic rings. The van der Waals surface area contributed by atoms with Crippen molar-refractivity contribution in [1.82, 2.24) is 0 Å². The zero-order chi connectivity index (χ0) is 17.4. The maximum Gasteiger partial charge on any atom is 0.332 e. The van der Waals surface area contributed by atoms with Gasteiger partial charge in [0.25, 0.3) is 10.1 Å². The summed E-state index contributed by atoms with van der Waals surface area (Å²) in [5.74, 6) is -2.76. The molecule has 0 aliphatic rings. The van der Waals surface area contributed by atoms with Gasteiger partial charge in [-0.3, -0.25) is 14.1 Å². The lowest BCUT2D eigenvalue weighted by atomic mass is 9.75.